The minimum atomic E-state index is 0.179. The first-order chi connectivity index (χ1) is 13.6. The molecule has 148 valence electrons. The van der Waals surface area contributed by atoms with Gasteiger partial charge in [-0.2, -0.15) is 0 Å². The number of benzene rings is 1. The summed E-state index contributed by atoms with van der Waals surface area (Å²) in [6, 6.07) is 8.31. The van der Waals surface area contributed by atoms with Gasteiger partial charge in [0.05, 0.1) is 7.11 Å². The fourth-order valence-corrected chi connectivity index (χ4v) is 5.50. The molecule has 3 aliphatic rings. The lowest BCUT2D eigenvalue weighted by atomic mass is 9.76. The zero-order chi connectivity index (χ0) is 19.3. The second-order valence-corrected chi connectivity index (χ2v) is 8.53. The quantitative estimate of drug-likeness (QED) is 0.821. The van der Waals surface area contributed by atoms with E-state index in [1.165, 1.54) is 0 Å². The van der Waals surface area contributed by atoms with Gasteiger partial charge in [0.25, 0.3) is 0 Å². The maximum atomic E-state index is 13.1. The number of ether oxygens (including phenoxy) is 1. The van der Waals surface area contributed by atoms with Gasteiger partial charge in [-0.05, 0) is 55.4 Å². The molecule has 0 saturated carbocycles. The molecule has 0 radical (unpaired) electrons. The van der Waals surface area contributed by atoms with Gasteiger partial charge in [0, 0.05) is 49.2 Å². The summed E-state index contributed by atoms with van der Waals surface area (Å²) >= 11 is 0. The van der Waals surface area contributed by atoms with Crippen LogP contribution in [0.15, 0.2) is 30.5 Å². The fourth-order valence-electron chi connectivity index (χ4n) is 5.50. The molecule has 6 nitrogen and oxygen atoms in total. The summed E-state index contributed by atoms with van der Waals surface area (Å²) in [7, 11) is 1.66. The Morgan fingerprint density at radius 3 is 2.96 bits per heavy atom. The lowest BCUT2D eigenvalue weighted by Crippen LogP contribution is -2.61. The summed E-state index contributed by atoms with van der Waals surface area (Å²) in [4.78, 5) is 29.5. The Balaban J connectivity index is 1.31. The molecular formula is C22H27N3O3. The van der Waals surface area contributed by atoms with Gasteiger partial charge < -0.3 is 19.1 Å². The summed E-state index contributed by atoms with van der Waals surface area (Å²) in [5, 5.41) is 1.08. The second kappa shape index (κ2) is 6.83. The number of carbonyl (C=O) groups excluding carboxylic acids is 2. The van der Waals surface area contributed by atoms with Crippen molar-refractivity contribution in [3.05, 3.63) is 30.5 Å². The van der Waals surface area contributed by atoms with Crippen LogP contribution in [0.1, 0.15) is 25.7 Å². The van der Waals surface area contributed by atoms with Crippen molar-refractivity contribution in [2.45, 2.75) is 38.3 Å². The molecule has 1 aromatic heterocycles. The van der Waals surface area contributed by atoms with Crippen molar-refractivity contribution in [3.63, 3.8) is 0 Å². The van der Waals surface area contributed by atoms with Crippen LogP contribution in [-0.2, 0) is 16.1 Å². The smallest absolute Gasteiger partial charge is 0.242 e. The molecule has 2 aromatic rings. The van der Waals surface area contributed by atoms with E-state index < -0.39 is 0 Å². The number of fused-ring (bicyclic) bond motifs is 5. The van der Waals surface area contributed by atoms with E-state index in [0.717, 1.165) is 55.5 Å². The van der Waals surface area contributed by atoms with Crippen LogP contribution in [0.25, 0.3) is 10.9 Å². The number of amides is 2. The molecule has 2 bridgehead atoms. The van der Waals surface area contributed by atoms with Crippen molar-refractivity contribution in [1.29, 1.82) is 0 Å². The normalized spacial score (nSPS) is 27.0. The first-order valence-corrected chi connectivity index (χ1v) is 10.3. The molecule has 0 N–H and O–H groups in total. The van der Waals surface area contributed by atoms with Crippen LogP contribution in [0.4, 0.5) is 0 Å². The van der Waals surface area contributed by atoms with E-state index in [2.05, 4.69) is 4.90 Å². The summed E-state index contributed by atoms with van der Waals surface area (Å²) < 4.78 is 7.31. The van der Waals surface area contributed by atoms with Gasteiger partial charge in [0.2, 0.25) is 11.8 Å². The first-order valence-electron chi connectivity index (χ1n) is 10.3. The lowest BCUT2D eigenvalue weighted by molar-refractivity contribution is -0.148. The van der Waals surface area contributed by atoms with Gasteiger partial charge in [-0.3, -0.25) is 9.59 Å². The van der Waals surface area contributed by atoms with Gasteiger partial charge >= 0.3 is 0 Å². The molecule has 0 unspecified atom stereocenters. The Bertz CT molecular complexity index is 921. The average Bonchev–Trinajstić information content (AvgIpc) is 3.10. The Morgan fingerprint density at radius 1 is 1.21 bits per heavy atom. The number of hydrogen-bond acceptors (Lipinski definition) is 3. The topological polar surface area (TPSA) is 54.8 Å². The molecule has 4 heterocycles. The molecular weight excluding hydrogens is 354 g/mol. The molecule has 5 rings (SSSR count). The van der Waals surface area contributed by atoms with Gasteiger partial charge in [-0.25, -0.2) is 0 Å². The van der Waals surface area contributed by atoms with Crippen LogP contribution in [0.5, 0.6) is 5.75 Å². The molecule has 3 aliphatic heterocycles. The van der Waals surface area contributed by atoms with Crippen LogP contribution < -0.4 is 4.74 Å². The standard InChI is InChI=1S/C22H27N3O3/c1-28-18-5-6-19-16(10-18)7-8-23(19)14-22(27)24-11-15-9-17(13-24)20-3-2-4-21(26)25(20)12-15/h5-8,10,15,17,20H,2-4,9,11-14H2,1H3/t15-,17+,20-/m1/s1. The van der Waals surface area contributed by atoms with Crippen molar-refractivity contribution in [2.75, 3.05) is 26.7 Å². The average molecular weight is 381 g/mol. The highest BCUT2D eigenvalue weighted by Gasteiger charge is 2.44. The third-order valence-corrected chi connectivity index (χ3v) is 6.82. The van der Waals surface area contributed by atoms with E-state index in [9.17, 15) is 9.59 Å². The molecule has 0 spiro atoms. The lowest BCUT2D eigenvalue weighted by Gasteiger charge is -2.52. The van der Waals surface area contributed by atoms with Crippen molar-refractivity contribution < 1.29 is 14.3 Å². The molecule has 2 amide bonds. The number of methoxy groups -OCH3 is 1. The van der Waals surface area contributed by atoms with E-state index in [1.54, 1.807) is 7.11 Å². The molecule has 28 heavy (non-hydrogen) atoms. The number of rotatable bonds is 3. The Morgan fingerprint density at radius 2 is 2.11 bits per heavy atom. The number of aromatic nitrogens is 1. The number of hydrogen-bond donors (Lipinski definition) is 0. The fraction of sp³-hybridized carbons (Fsp3) is 0.545. The SMILES string of the molecule is COc1ccc2c(ccn2CC(=O)N2C[C@H]3C[C@@H](C2)[C@H]2CCCC(=O)N2C3)c1. The Labute approximate surface area is 165 Å². The van der Waals surface area contributed by atoms with E-state index in [-0.39, 0.29) is 5.91 Å². The van der Waals surface area contributed by atoms with Crippen molar-refractivity contribution in [3.8, 4) is 5.75 Å². The Kier molecular flexibility index (Phi) is 4.29. The van der Waals surface area contributed by atoms with Crippen LogP contribution >= 0.6 is 0 Å². The minimum Gasteiger partial charge on any atom is -0.497 e. The highest BCUT2D eigenvalue weighted by atomic mass is 16.5. The van der Waals surface area contributed by atoms with Crippen LogP contribution in [0.2, 0.25) is 0 Å². The van der Waals surface area contributed by atoms with Crippen molar-refractivity contribution in [2.24, 2.45) is 11.8 Å². The van der Waals surface area contributed by atoms with Gasteiger partial charge in [0.15, 0.2) is 0 Å². The van der Waals surface area contributed by atoms with Crippen LogP contribution in [-0.4, -0.2) is 59.0 Å². The van der Waals surface area contributed by atoms with E-state index >= 15 is 0 Å². The predicted octanol–water partition coefficient (Wildman–Crippen LogP) is 2.51. The second-order valence-electron chi connectivity index (χ2n) is 8.53. The highest BCUT2D eigenvalue weighted by molar-refractivity contribution is 5.84. The van der Waals surface area contributed by atoms with Crippen LogP contribution in [0.3, 0.4) is 0 Å². The summed E-state index contributed by atoms with van der Waals surface area (Å²) in [5.41, 5.74) is 1.05. The summed E-state index contributed by atoms with van der Waals surface area (Å²) in [6.45, 7) is 2.76. The molecule has 3 atom stereocenters. The van der Waals surface area contributed by atoms with Crippen LogP contribution in [0, 0.1) is 11.8 Å². The van der Waals surface area contributed by atoms with Gasteiger partial charge in [-0.15, -0.1) is 0 Å². The Hall–Kier alpha value is -2.50. The number of piperidine rings is 3. The summed E-state index contributed by atoms with van der Waals surface area (Å²) in [5.74, 6) is 2.18. The maximum Gasteiger partial charge on any atom is 0.242 e. The number of likely N-dealkylation sites (tertiary alicyclic amines) is 1. The van der Waals surface area contributed by atoms with Crippen molar-refractivity contribution >= 4 is 22.7 Å². The van der Waals surface area contributed by atoms with Gasteiger partial charge in [0.1, 0.15) is 12.3 Å². The van der Waals surface area contributed by atoms with E-state index in [0.29, 0.717) is 36.8 Å². The predicted molar refractivity (Wildman–Crippen MR) is 106 cm³/mol. The minimum absolute atomic E-state index is 0.179. The molecule has 3 fully saturated rings. The zero-order valence-corrected chi connectivity index (χ0v) is 16.3. The highest BCUT2D eigenvalue weighted by Crippen LogP contribution is 2.38. The third kappa shape index (κ3) is 2.95. The summed E-state index contributed by atoms with van der Waals surface area (Å²) in [6.07, 6.45) is 5.92. The molecule has 1 aromatic carbocycles. The van der Waals surface area contributed by atoms with Gasteiger partial charge in [-0.1, -0.05) is 0 Å². The van der Waals surface area contributed by atoms with Crippen molar-refractivity contribution in [1.82, 2.24) is 14.4 Å². The maximum absolute atomic E-state index is 13.1. The largest absolute Gasteiger partial charge is 0.497 e. The molecule has 0 aliphatic carbocycles. The van der Waals surface area contributed by atoms with E-state index in [4.69, 9.17) is 4.74 Å². The first kappa shape index (κ1) is 17.6. The molecule has 6 heteroatoms. The third-order valence-electron chi connectivity index (χ3n) is 6.82. The van der Waals surface area contributed by atoms with E-state index in [1.807, 2.05) is 39.9 Å². The molecule has 3 saturated heterocycles. The monoisotopic (exact) mass is 381 g/mol. The number of carbonyl (C=O) groups is 2. The number of nitrogens with zero attached hydrogens (tertiary/aromatic N) is 3. The zero-order valence-electron chi connectivity index (χ0n) is 16.3.